The molecule has 0 saturated heterocycles. The van der Waals surface area contributed by atoms with Crippen LogP contribution in [0.4, 0.5) is 0 Å². The Labute approximate surface area is 81.4 Å². The van der Waals surface area contributed by atoms with Gasteiger partial charge in [-0.05, 0) is 16.0 Å². The van der Waals surface area contributed by atoms with Gasteiger partial charge in [0.15, 0.2) is 0 Å². The molecule has 2 aliphatic rings. The molecule has 3 rings (SSSR count). The number of allylic oxidation sites excluding steroid dienone is 3. The molecule has 1 aromatic rings. The molecular weight excluding hydrogens is 172 g/mol. The summed E-state index contributed by atoms with van der Waals surface area (Å²) in [6, 6.07) is 8.18. The van der Waals surface area contributed by atoms with Gasteiger partial charge in [-0.3, -0.25) is 0 Å². The first-order valence-electron chi connectivity index (χ1n) is 4.67. The highest BCUT2D eigenvalue weighted by Gasteiger charge is 2.21. The normalized spacial score (nSPS) is 17.0. The highest BCUT2D eigenvalue weighted by atomic mass is 16.1. The number of carbonyl (C=O) groups excluding carboxylic acids is 1. The first kappa shape index (κ1) is 7.54. The monoisotopic (exact) mass is 180 g/mol. The lowest BCUT2D eigenvalue weighted by molar-refractivity contribution is 0.567. The van der Waals surface area contributed by atoms with Crippen LogP contribution in [0.5, 0.6) is 0 Å². The first-order chi connectivity index (χ1) is 6.92. The lowest BCUT2D eigenvalue weighted by Crippen LogP contribution is -2.39. The summed E-state index contributed by atoms with van der Waals surface area (Å²) >= 11 is 0. The van der Waals surface area contributed by atoms with Crippen molar-refractivity contribution in [3.8, 4) is 0 Å². The summed E-state index contributed by atoms with van der Waals surface area (Å²) in [6.45, 7) is 0. The highest BCUT2D eigenvalue weighted by molar-refractivity contribution is 6.10. The molecule has 1 aromatic carbocycles. The van der Waals surface area contributed by atoms with Gasteiger partial charge >= 0.3 is 0 Å². The van der Waals surface area contributed by atoms with Crippen molar-refractivity contribution in [3.63, 3.8) is 0 Å². The first-order valence-corrected chi connectivity index (χ1v) is 4.67. The number of rotatable bonds is 0. The topological polar surface area (TPSA) is 17.1 Å². The molecule has 14 heavy (non-hydrogen) atoms. The molecule has 0 fully saturated rings. The molecule has 1 heteroatoms. The highest BCUT2D eigenvalue weighted by Crippen LogP contribution is 2.29. The maximum Gasteiger partial charge on any atom is 0.128 e. The second-order valence-electron chi connectivity index (χ2n) is 3.52. The molecule has 0 N–H and O–H groups in total. The Kier molecular flexibility index (Phi) is 1.38. The van der Waals surface area contributed by atoms with Crippen molar-refractivity contribution in [1.82, 2.24) is 0 Å². The fourth-order valence-electron chi connectivity index (χ4n) is 2.14. The van der Waals surface area contributed by atoms with Crippen molar-refractivity contribution >= 4 is 17.1 Å². The third-order valence-corrected chi connectivity index (χ3v) is 2.79. The molecule has 0 bridgehead atoms. The second kappa shape index (κ2) is 2.57. The quantitative estimate of drug-likeness (QED) is 0.538. The summed E-state index contributed by atoms with van der Waals surface area (Å²) in [5.74, 6) is 2.03. The average Bonchev–Trinajstić information content (AvgIpc) is 2.24. The standard InChI is InChI=1S/C13H8O/c14-8-9-4-3-7-12-10-5-1-2-6-11(10)13(9)12/h1-3,5-7H,4H2. The number of hydrogen-bond donors (Lipinski definition) is 0. The van der Waals surface area contributed by atoms with Gasteiger partial charge < -0.3 is 0 Å². The molecule has 0 aliphatic heterocycles. The Morgan fingerprint density at radius 2 is 1.93 bits per heavy atom. The van der Waals surface area contributed by atoms with Crippen LogP contribution in [0.15, 0.2) is 42.0 Å². The van der Waals surface area contributed by atoms with E-state index in [4.69, 9.17) is 0 Å². The lowest BCUT2D eigenvalue weighted by atomic mass is 9.81. The third-order valence-electron chi connectivity index (χ3n) is 2.79. The zero-order valence-electron chi connectivity index (χ0n) is 7.58. The molecule has 1 nitrogen and oxygen atoms in total. The third kappa shape index (κ3) is 0.773. The predicted octanol–water partition coefficient (Wildman–Crippen LogP) is 0.719. The van der Waals surface area contributed by atoms with Gasteiger partial charge in [0, 0.05) is 17.6 Å². The Hall–Kier alpha value is -1.85. The van der Waals surface area contributed by atoms with E-state index in [0.29, 0.717) is 0 Å². The zero-order chi connectivity index (χ0) is 9.54. The van der Waals surface area contributed by atoms with Gasteiger partial charge in [0.05, 0.1) is 0 Å². The van der Waals surface area contributed by atoms with E-state index in [-0.39, 0.29) is 0 Å². The SMILES string of the molecule is O=C=C1CC=CC2=c3ccccc3=C12. The molecule has 0 saturated carbocycles. The van der Waals surface area contributed by atoms with Gasteiger partial charge in [-0.15, -0.1) is 0 Å². The largest absolute Gasteiger partial charge is 0.233 e. The Bertz CT molecular complexity index is 611. The number of benzene rings is 1. The lowest BCUT2D eigenvalue weighted by Gasteiger charge is -2.21. The second-order valence-corrected chi connectivity index (χ2v) is 3.52. The molecule has 0 radical (unpaired) electrons. The van der Waals surface area contributed by atoms with Crippen LogP contribution in [0.1, 0.15) is 6.42 Å². The van der Waals surface area contributed by atoms with Gasteiger partial charge in [-0.1, -0.05) is 36.4 Å². The maximum absolute atomic E-state index is 10.7. The fraction of sp³-hybridized carbons (Fsp3) is 0.0769. The summed E-state index contributed by atoms with van der Waals surface area (Å²) in [5, 5.41) is 2.46. The Morgan fingerprint density at radius 3 is 2.71 bits per heavy atom. The van der Waals surface area contributed by atoms with Gasteiger partial charge in [-0.25, -0.2) is 4.79 Å². The van der Waals surface area contributed by atoms with E-state index in [1.807, 2.05) is 24.2 Å². The van der Waals surface area contributed by atoms with Crippen LogP contribution in [0, 0.1) is 0 Å². The average molecular weight is 180 g/mol. The fourth-order valence-corrected chi connectivity index (χ4v) is 2.14. The summed E-state index contributed by atoms with van der Waals surface area (Å²) in [5.41, 5.74) is 3.10. The van der Waals surface area contributed by atoms with Crippen molar-refractivity contribution < 1.29 is 4.79 Å². The molecule has 0 spiro atoms. The molecule has 0 unspecified atom stereocenters. The maximum atomic E-state index is 10.7. The minimum absolute atomic E-state index is 0.719. The summed E-state index contributed by atoms with van der Waals surface area (Å²) in [4.78, 5) is 10.7. The van der Waals surface area contributed by atoms with Gasteiger partial charge in [0.25, 0.3) is 0 Å². The van der Waals surface area contributed by atoms with E-state index in [1.54, 1.807) is 0 Å². The van der Waals surface area contributed by atoms with E-state index in [0.717, 1.165) is 17.6 Å². The molecular formula is C13H8O. The number of fused-ring (bicyclic) bond motifs is 2. The van der Waals surface area contributed by atoms with Crippen LogP contribution in [0.3, 0.4) is 0 Å². The van der Waals surface area contributed by atoms with Crippen LogP contribution in [-0.2, 0) is 4.79 Å². The van der Waals surface area contributed by atoms with Crippen LogP contribution >= 0.6 is 0 Å². The van der Waals surface area contributed by atoms with E-state index in [2.05, 4.69) is 18.2 Å². The number of hydrogen-bond acceptors (Lipinski definition) is 1. The van der Waals surface area contributed by atoms with Crippen molar-refractivity contribution in [2.45, 2.75) is 6.42 Å². The summed E-state index contributed by atoms with van der Waals surface area (Å²) in [6.07, 6.45) is 4.84. The van der Waals surface area contributed by atoms with Crippen LogP contribution < -0.4 is 10.4 Å². The van der Waals surface area contributed by atoms with E-state index in [9.17, 15) is 4.79 Å². The Balaban J connectivity index is 2.47. The van der Waals surface area contributed by atoms with E-state index >= 15 is 0 Å². The van der Waals surface area contributed by atoms with Gasteiger partial charge in [-0.2, -0.15) is 0 Å². The summed E-state index contributed by atoms with van der Waals surface area (Å²) < 4.78 is 0. The predicted molar refractivity (Wildman–Crippen MR) is 55.5 cm³/mol. The van der Waals surface area contributed by atoms with Crippen LogP contribution in [-0.4, -0.2) is 5.94 Å². The van der Waals surface area contributed by atoms with Gasteiger partial charge in [0.1, 0.15) is 5.94 Å². The smallest absolute Gasteiger partial charge is 0.128 e. The molecule has 66 valence electrons. The Morgan fingerprint density at radius 1 is 1.14 bits per heavy atom. The van der Waals surface area contributed by atoms with Crippen LogP contribution in [0.25, 0.3) is 11.1 Å². The van der Waals surface area contributed by atoms with E-state index < -0.39 is 0 Å². The zero-order valence-corrected chi connectivity index (χ0v) is 7.58. The van der Waals surface area contributed by atoms with Gasteiger partial charge in [0.2, 0.25) is 0 Å². The van der Waals surface area contributed by atoms with Crippen LogP contribution in [0.2, 0.25) is 0 Å². The van der Waals surface area contributed by atoms with Crippen molar-refractivity contribution in [2.24, 2.45) is 0 Å². The van der Waals surface area contributed by atoms with Crippen molar-refractivity contribution in [3.05, 3.63) is 52.4 Å². The molecule has 0 heterocycles. The summed E-state index contributed by atoms with van der Waals surface area (Å²) in [7, 11) is 0. The molecule has 0 aromatic heterocycles. The minimum atomic E-state index is 0.719. The molecule has 0 amide bonds. The molecule has 0 atom stereocenters. The van der Waals surface area contributed by atoms with Crippen molar-refractivity contribution in [1.29, 1.82) is 0 Å². The molecule has 2 aliphatic carbocycles. The van der Waals surface area contributed by atoms with Crippen molar-refractivity contribution in [2.75, 3.05) is 0 Å². The minimum Gasteiger partial charge on any atom is -0.233 e. The van der Waals surface area contributed by atoms with E-state index in [1.165, 1.54) is 16.0 Å².